The summed E-state index contributed by atoms with van der Waals surface area (Å²) >= 11 is 0. The lowest BCUT2D eigenvalue weighted by Crippen LogP contribution is -2.34. The summed E-state index contributed by atoms with van der Waals surface area (Å²) in [6.07, 6.45) is 3.17. The Morgan fingerprint density at radius 1 is 1.50 bits per heavy atom. The van der Waals surface area contributed by atoms with Crippen molar-refractivity contribution in [3.63, 3.8) is 0 Å². The van der Waals surface area contributed by atoms with E-state index in [0.717, 1.165) is 6.42 Å². The lowest BCUT2D eigenvalue weighted by molar-refractivity contribution is 0.379. The first-order valence-corrected chi connectivity index (χ1v) is 8.61. The van der Waals surface area contributed by atoms with Crippen LogP contribution in [-0.2, 0) is 16.6 Å². The van der Waals surface area contributed by atoms with Gasteiger partial charge in [0.25, 0.3) is 0 Å². The minimum absolute atomic E-state index is 0.0256. The molecule has 1 aromatic rings. The first-order valence-electron chi connectivity index (χ1n) is 7.17. The Hall–Kier alpha value is -0.850. The third kappa shape index (κ3) is 3.24. The Balaban J connectivity index is 2.17. The van der Waals surface area contributed by atoms with E-state index >= 15 is 0 Å². The Labute approximate surface area is 121 Å². The van der Waals surface area contributed by atoms with E-state index in [-0.39, 0.29) is 10.9 Å². The maximum Gasteiger partial charge on any atom is 0.246 e. The second-order valence-corrected chi connectivity index (χ2v) is 7.53. The van der Waals surface area contributed by atoms with E-state index in [1.165, 1.54) is 17.1 Å². The van der Waals surface area contributed by atoms with Crippen molar-refractivity contribution in [1.82, 2.24) is 9.62 Å². The summed E-state index contributed by atoms with van der Waals surface area (Å²) in [6, 6.07) is 2.20. The van der Waals surface area contributed by atoms with Gasteiger partial charge in [0.15, 0.2) is 0 Å². The summed E-state index contributed by atoms with van der Waals surface area (Å²) in [6.45, 7) is 6.18. The summed E-state index contributed by atoms with van der Waals surface area (Å²) in [4.78, 5) is 0.285. The van der Waals surface area contributed by atoms with Crippen LogP contribution in [0.2, 0.25) is 0 Å². The molecule has 0 spiro atoms. The summed E-state index contributed by atoms with van der Waals surface area (Å²) in [5, 5.41) is 3.33. The lowest BCUT2D eigenvalue weighted by atomic mass is 10.3. The van der Waals surface area contributed by atoms with Crippen molar-refractivity contribution < 1.29 is 12.8 Å². The molecule has 20 heavy (non-hydrogen) atoms. The fraction of sp³-hybridized carbons (Fsp3) is 0.714. The van der Waals surface area contributed by atoms with Gasteiger partial charge in [-0.15, -0.1) is 0 Å². The highest BCUT2D eigenvalue weighted by Gasteiger charge is 2.29. The lowest BCUT2D eigenvalue weighted by Gasteiger charge is -2.22. The summed E-state index contributed by atoms with van der Waals surface area (Å²) in [7, 11) is -1.85. The molecule has 1 aliphatic rings. The number of nitrogens with one attached hydrogen (secondary N) is 1. The average Bonchev–Trinajstić information content (AvgIpc) is 3.16. The van der Waals surface area contributed by atoms with Gasteiger partial charge in [-0.1, -0.05) is 6.92 Å². The standard InChI is InChI=1S/C14H24N2O3S/c1-5-10(2)16(4)20(17,18)14-8-13(19-11(14)3)9-15-12-6-7-12/h8,10,12,15H,5-7,9H2,1-4H3. The van der Waals surface area contributed by atoms with Gasteiger partial charge in [0, 0.05) is 25.2 Å². The maximum atomic E-state index is 12.6. The number of rotatable bonds is 7. The molecular weight excluding hydrogens is 276 g/mol. The molecule has 1 heterocycles. The van der Waals surface area contributed by atoms with E-state index < -0.39 is 10.0 Å². The van der Waals surface area contributed by atoms with E-state index in [4.69, 9.17) is 4.42 Å². The van der Waals surface area contributed by atoms with E-state index in [2.05, 4.69) is 5.32 Å². The Morgan fingerprint density at radius 3 is 2.70 bits per heavy atom. The number of hydrogen-bond donors (Lipinski definition) is 1. The van der Waals surface area contributed by atoms with E-state index in [1.54, 1.807) is 20.0 Å². The van der Waals surface area contributed by atoms with E-state index in [1.807, 2.05) is 13.8 Å². The zero-order chi connectivity index (χ0) is 14.9. The fourth-order valence-corrected chi connectivity index (χ4v) is 3.67. The normalized spacial score (nSPS) is 17.6. The molecule has 1 N–H and O–H groups in total. The highest BCUT2D eigenvalue weighted by Crippen LogP contribution is 2.25. The molecule has 1 saturated carbocycles. The van der Waals surface area contributed by atoms with Crippen molar-refractivity contribution in [2.24, 2.45) is 0 Å². The van der Waals surface area contributed by atoms with Crippen LogP contribution in [0.5, 0.6) is 0 Å². The van der Waals surface area contributed by atoms with Crippen molar-refractivity contribution >= 4 is 10.0 Å². The second-order valence-electron chi connectivity index (χ2n) is 5.57. The van der Waals surface area contributed by atoms with Gasteiger partial charge in [-0.05, 0) is 33.1 Å². The van der Waals surface area contributed by atoms with Crippen LogP contribution in [0.1, 0.15) is 44.6 Å². The predicted octanol–water partition coefficient (Wildman–Crippen LogP) is 2.26. The Morgan fingerprint density at radius 2 is 2.15 bits per heavy atom. The van der Waals surface area contributed by atoms with Gasteiger partial charge in [-0.25, -0.2) is 8.42 Å². The maximum absolute atomic E-state index is 12.6. The number of hydrogen-bond acceptors (Lipinski definition) is 4. The van der Waals surface area contributed by atoms with Crippen LogP contribution in [0.25, 0.3) is 0 Å². The van der Waals surface area contributed by atoms with Gasteiger partial charge in [-0.3, -0.25) is 0 Å². The molecule has 0 aromatic carbocycles. The highest BCUT2D eigenvalue weighted by atomic mass is 32.2. The van der Waals surface area contributed by atoms with Crippen molar-refractivity contribution in [3.8, 4) is 0 Å². The molecule has 0 amide bonds. The molecule has 0 saturated heterocycles. The molecule has 1 fully saturated rings. The molecule has 0 bridgehead atoms. The van der Waals surface area contributed by atoms with Crippen molar-refractivity contribution in [2.45, 2.75) is 63.6 Å². The summed E-state index contributed by atoms with van der Waals surface area (Å²) in [5.41, 5.74) is 0. The molecule has 114 valence electrons. The third-order valence-electron chi connectivity index (χ3n) is 3.93. The van der Waals surface area contributed by atoms with Crippen molar-refractivity contribution in [2.75, 3.05) is 7.05 Å². The largest absolute Gasteiger partial charge is 0.464 e. The van der Waals surface area contributed by atoms with Gasteiger partial charge in [0.05, 0.1) is 6.54 Å². The molecule has 1 atom stereocenters. The summed E-state index contributed by atoms with van der Waals surface area (Å²) in [5.74, 6) is 1.15. The van der Waals surface area contributed by atoms with Crippen LogP contribution in [0, 0.1) is 6.92 Å². The van der Waals surface area contributed by atoms with Crippen LogP contribution in [0.15, 0.2) is 15.4 Å². The van der Waals surface area contributed by atoms with Crippen LogP contribution >= 0.6 is 0 Å². The zero-order valence-corrected chi connectivity index (χ0v) is 13.5. The molecule has 5 nitrogen and oxygen atoms in total. The predicted molar refractivity (Wildman–Crippen MR) is 78.0 cm³/mol. The first-order chi connectivity index (χ1) is 9.36. The van der Waals surface area contributed by atoms with Crippen LogP contribution in [0.4, 0.5) is 0 Å². The minimum Gasteiger partial charge on any atom is -0.464 e. The molecule has 6 heteroatoms. The van der Waals surface area contributed by atoms with Crippen LogP contribution < -0.4 is 5.32 Å². The molecule has 0 aliphatic heterocycles. The number of sulfonamides is 1. The Kier molecular flexibility index (Phi) is 4.56. The SMILES string of the molecule is CCC(C)N(C)S(=O)(=O)c1cc(CNC2CC2)oc1C. The van der Waals surface area contributed by atoms with Crippen molar-refractivity contribution in [1.29, 1.82) is 0 Å². The second kappa shape index (κ2) is 5.87. The zero-order valence-electron chi connectivity index (χ0n) is 12.6. The number of furan rings is 1. The molecule has 2 rings (SSSR count). The summed E-state index contributed by atoms with van der Waals surface area (Å²) < 4.78 is 32.1. The quantitative estimate of drug-likeness (QED) is 0.839. The van der Waals surface area contributed by atoms with Crippen LogP contribution in [-0.4, -0.2) is 31.9 Å². The first kappa shape index (κ1) is 15.5. The minimum atomic E-state index is -3.47. The molecule has 1 unspecified atom stereocenters. The number of nitrogens with zero attached hydrogens (tertiary/aromatic N) is 1. The third-order valence-corrected chi connectivity index (χ3v) is 6.01. The van der Waals surface area contributed by atoms with Gasteiger partial charge < -0.3 is 9.73 Å². The number of aryl methyl sites for hydroxylation is 1. The molecule has 0 radical (unpaired) electrons. The van der Waals surface area contributed by atoms with Gasteiger partial charge in [0.2, 0.25) is 10.0 Å². The van der Waals surface area contributed by atoms with Gasteiger partial charge in [-0.2, -0.15) is 4.31 Å². The van der Waals surface area contributed by atoms with Gasteiger partial charge in [0.1, 0.15) is 16.4 Å². The van der Waals surface area contributed by atoms with E-state index in [0.29, 0.717) is 24.1 Å². The molecule has 1 aromatic heterocycles. The average molecular weight is 300 g/mol. The smallest absolute Gasteiger partial charge is 0.246 e. The molecular formula is C14H24N2O3S. The topological polar surface area (TPSA) is 62.6 Å². The monoisotopic (exact) mass is 300 g/mol. The molecule has 1 aliphatic carbocycles. The Bertz CT molecular complexity index is 561. The van der Waals surface area contributed by atoms with Crippen LogP contribution in [0.3, 0.4) is 0 Å². The van der Waals surface area contributed by atoms with Crippen molar-refractivity contribution in [3.05, 3.63) is 17.6 Å². The highest BCUT2D eigenvalue weighted by molar-refractivity contribution is 7.89. The van der Waals surface area contributed by atoms with Gasteiger partial charge >= 0.3 is 0 Å². The van der Waals surface area contributed by atoms with E-state index in [9.17, 15) is 8.42 Å². The fourth-order valence-electron chi connectivity index (χ4n) is 2.05.